The summed E-state index contributed by atoms with van der Waals surface area (Å²) in [5, 5.41) is 4.37. The van der Waals surface area contributed by atoms with Crippen LogP contribution in [0.4, 0.5) is 0 Å². The Morgan fingerprint density at radius 1 is 1.43 bits per heavy atom. The number of benzene rings is 1. The molecule has 8 heteroatoms. The molecule has 1 aromatic heterocycles. The number of aromatic nitrogens is 2. The van der Waals surface area contributed by atoms with Crippen LogP contribution >= 0.6 is 23.2 Å². The molecule has 2 heterocycles. The molecular formula is C15H15Cl2N3O3. The summed E-state index contributed by atoms with van der Waals surface area (Å²) in [6, 6.07) is 4.63. The minimum Gasteiger partial charge on any atom is -0.380 e. The number of aryl methyl sites for hydroxylation is 1. The zero-order chi connectivity index (χ0) is 16.6. The summed E-state index contributed by atoms with van der Waals surface area (Å²) >= 11 is 12.2. The number of carbonyl (C=O) groups is 1. The van der Waals surface area contributed by atoms with Crippen molar-refractivity contribution < 1.29 is 14.1 Å². The summed E-state index contributed by atoms with van der Waals surface area (Å²) in [5.74, 6) is 0.681. The third kappa shape index (κ3) is 3.06. The molecule has 23 heavy (non-hydrogen) atoms. The van der Waals surface area contributed by atoms with Gasteiger partial charge in [-0.15, -0.1) is 0 Å². The number of amides is 1. The second kappa shape index (κ2) is 6.47. The predicted octanol–water partition coefficient (Wildman–Crippen LogP) is 3.29. The van der Waals surface area contributed by atoms with Crippen LogP contribution in [0.15, 0.2) is 22.7 Å². The van der Waals surface area contributed by atoms with Gasteiger partial charge in [-0.25, -0.2) is 0 Å². The topological polar surface area (TPSA) is 68.5 Å². The zero-order valence-corrected chi connectivity index (χ0v) is 14.1. The molecule has 122 valence electrons. The van der Waals surface area contributed by atoms with Gasteiger partial charge in [-0.05, 0) is 19.1 Å². The van der Waals surface area contributed by atoms with Crippen LogP contribution in [0.25, 0.3) is 0 Å². The maximum absolute atomic E-state index is 12.9. The van der Waals surface area contributed by atoms with Crippen molar-refractivity contribution in [3.8, 4) is 0 Å². The van der Waals surface area contributed by atoms with E-state index in [1.165, 1.54) is 0 Å². The van der Waals surface area contributed by atoms with E-state index in [1.54, 1.807) is 37.1 Å². The highest BCUT2D eigenvalue weighted by Crippen LogP contribution is 2.35. The van der Waals surface area contributed by atoms with E-state index in [-0.39, 0.29) is 23.1 Å². The third-order valence-electron chi connectivity index (χ3n) is 3.87. The fourth-order valence-electron chi connectivity index (χ4n) is 2.70. The number of likely N-dealkylation sites (tertiary alicyclic amines) is 1. The van der Waals surface area contributed by atoms with Gasteiger partial charge in [0.2, 0.25) is 5.89 Å². The van der Waals surface area contributed by atoms with E-state index in [9.17, 15) is 4.79 Å². The van der Waals surface area contributed by atoms with E-state index in [2.05, 4.69) is 10.1 Å². The number of nitrogens with zero attached hydrogens (tertiary/aromatic N) is 3. The van der Waals surface area contributed by atoms with Gasteiger partial charge < -0.3 is 14.2 Å². The van der Waals surface area contributed by atoms with Crippen molar-refractivity contribution in [2.75, 3.05) is 13.7 Å². The first-order chi connectivity index (χ1) is 11.0. The van der Waals surface area contributed by atoms with Gasteiger partial charge in [-0.1, -0.05) is 34.4 Å². The average molecular weight is 356 g/mol. The molecule has 0 N–H and O–H groups in total. The number of rotatable bonds is 3. The molecule has 0 aliphatic carbocycles. The monoisotopic (exact) mass is 355 g/mol. The summed E-state index contributed by atoms with van der Waals surface area (Å²) < 4.78 is 10.6. The van der Waals surface area contributed by atoms with Crippen LogP contribution in [0.1, 0.15) is 34.5 Å². The molecule has 0 radical (unpaired) electrons. The van der Waals surface area contributed by atoms with E-state index >= 15 is 0 Å². The van der Waals surface area contributed by atoms with Crippen LogP contribution in [-0.2, 0) is 4.74 Å². The first-order valence-electron chi connectivity index (χ1n) is 7.09. The third-order valence-corrected chi connectivity index (χ3v) is 4.69. The Kier molecular flexibility index (Phi) is 4.57. The number of hydrogen-bond acceptors (Lipinski definition) is 5. The normalized spacial score (nSPS) is 21.0. The molecule has 3 rings (SSSR count). The highest BCUT2D eigenvalue weighted by atomic mass is 35.5. The molecule has 6 nitrogen and oxygen atoms in total. The largest absolute Gasteiger partial charge is 0.380 e. The summed E-state index contributed by atoms with van der Waals surface area (Å²) in [7, 11) is 1.61. The van der Waals surface area contributed by atoms with Gasteiger partial charge in [0, 0.05) is 20.1 Å². The lowest BCUT2D eigenvalue weighted by atomic mass is 10.1. The molecule has 1 saturated heterocycles. The van der Waals surface area contributed by atoms with Crippen LogP contribution in [0, 0.1) is 6.92 Å². The molecule has 2 atom stereocenters. The quantitative estimate of drug-likeness (QED) is 0.844. The van der Waals surface area contributed by atoms with Crippen LogP contribution < -0.4 is 0 Å². The Balaban J connectivity index is 1.94. The van der Waals surface area contributed by atoms with Crippen LogP contribution in [-0.4, -0.2) is 40.7 Å². The minimum atomic E-state index is -0.344. The maximum atomic E-state index is 12.9. The van der Waals surface area contributed by atoms with E-state index in [0.29, 0.717) is 35.3 Å². The van der Waals surface area contributed by atoms with Gasteiger partial charge in [-0.2, -0.15) is 4.98 Å². The summed E-state index contributed by atoms with van der Waals surface area (Å²) in [4.78, 5) is 18.8. The lowest BCUT2D eigenvalue weighted by Gasteiger charge is -2.22. The number of ether oxygens (including phenoxy) is 1. The van der Waals surface area contributed by atoms with Crippen molar-refractivity contribution in [3.05, 3.63) is 45.5 Å². The molecule has 0 bridgehead atoms. The fraction of sp³-hybridized carbons (Fsp3) is 0.400. The molecule has 1 aromatic carbocycles. The second-order valence-corrected chi connectivity index (χ2v) is 6.13. The lowest BCUT2D eigenvalue weighted by Crippen LogP contribution is -2.32. The molecule has 1 fully saturated rings. The number of carbonyl (C=O) groups excluding carboxylic acids is 1. The molecule has 0 saturated carbocycles. The van der Waals surface area contributed by atoms with Crippen LogP contribution in [0.3, 0.4) is 0 Å². The van der Waals surface area contributed by atoms with Crippen molar-refractivity contribution >= 4 is 29.1 Å². The molecule has 2 aromatic rings. The molecule has 0 spiro atoms. The Morgan fingerprint density at radius 2 is 2.22 bits per heavy atom. The number of methoxy groups -OCH3 is 1. The number of hydrogen-bond donors (Lipinski definition) is 0. The van der Waals surface area contributed by atoms with Crippen molar-refractivity contribution in [2.45, 2.75) is 25.5 Å². The van der Waals surface area contributed by atoms with Gasteiger partial charge in [0.1, 0.15) is 6.04 Å². The minimum absolute atomic E-state index is 0.103. The van der Waals surface area contributed by atoms with Gasteiger partial charge >= 0.3 is 0 Å². The Bertz CT molecular complexity index is 735. The van der Waals surface area contributed by atoms with Crippen molar-refractivity contribution in [2.24, 2.45) is 0 Å². The first kappa shape index (κ1) is 16.2. The Morgan fingerprint density at radius 3 is 2.87 bits per heavy atom. The lowest BCUT2D eigenvalue weighted by molar-refractivity contribution is 0.0671. The summed E-state index contributed by atoms with van der Waals surface area (Å²) in [6.45, 7) is 2.15. The zero-order valence-electron chi connectivity index (χ0n) is 12.6. The van der Waals surface area contributed by atoms with Gasteiger partial charge in [0.25, 0.3) is 5.91 Å². The van der Waals surface area contributed by atoms with Crippen LogP contribution in [0.2, 0.25) is 10.0 Å². The standard InChI is InChI=1S/C15H15Cl2N3O3/c1-8-18-14(23-19-8)12-6-9(22-2)7-20(12)15(21)10-4-3-5-11(16)13(10)17/h3-5,9,12H,6-7H2,1-2H3/t9-,12+/m0/s1. The smallest absolute Gasteiger partial charge is 0.256 e. The highest BCUT2D eigenvalue weighted by Gasteiger charge is 2.40. The van der Waals surface area contributed by atoms with Gasteiger partial charge in [-0.3, -0.25) is 4.79 Å². The van der Waals surface area contributed by atoms with Gasteiger partial charge in [0.05, 0.1) is 21.7 Å². The van der Waals surface area contributed by atoms with Gasteiger partial charge in [0.15, 0.2) is 5.82 Å². The van der Waals surface area contributed by atoms with E-state index < -0.39 is 0 Å². The number of halogens is 2. The van der Waals surface area contributed by atoms with Crippen molar-refractivity contribution in [1.29, 1.82) is 0 Å². The van der Waals surface area contributed by atoms with Crippen LogP contribution in [0.5, 0.6) is 0 Å². The van der Waals surface area contributed by atoms with E-state index in [0.717, 1.165) is 0 Å². The van der Waals surface area contributed by atoms with Crippen molar-refractivity contribution in [1.82, 2.24) is 15.0 Å². The Hall–Kier alpha value is -1.63. The van der Waals surface area contributed by atoms with Crippen molar-refractivity contribution in [3.63, 3.8) is 0 Å². The Labute approximate surface area is 143 Å². The molecule has 1 aliphatic heterocycles. The van der Waals surface area contributed by atoms with E-state index in [1.807, 2.05) is 0 Å². The highest BCUT2D eigenvalue weighted by molar-refractivity contribution is 6.43. The summed E-state index contributed by atoms with van der Waals surface area (Å²) in [6.07, 6.45) is 0.483. The SMILES string of the molecule is CO[C@H]1C[C@H](c2nc(C)no2)N(C(=O)c2cccc(Cl)c2Cl)C1. The second-order valence-electron chi connectivity index (χ2n) is 5.35. The predicted molar refractivity (Wildman–Crippen MR) is 84.7 cm³/mol. The average Bonchev–Trinajstić information content (AvgIpc) is 3.15. The molecule has 1 amide bonds. The molecule has 0 unspecified atom stereocenters. The maximum Gasteiger partial charge on any atom is 0.256 e. The molecule has 1 aliphatic rings. The fourth-order valence-corrected chi connectivity index (χ4v) is 3.08. The van der Waals surface area contributed by atoms with E-state index in [4.69, 9.17) is 32.5 Å². The molecular weight excluding hydrogens is 341 g/mol. The first-order valence-corrected chi connectivity index (χ1v) is 7.84. The summed E-state index contributed by atoms with van der Waals surface area (Å²) in [5.41, 5.74) is 0.345.